The first-order valence-corrected chi connectivity index (χ1v) is 9.72. The minimum absolute atomic E-state index is 0.0894. The molecule has 0 bridgehead atoms. The molecule has 4 aromatic carbocycles. The normalized spacial score (nSPS) is 10.1. The molecular weight excluding hydrogens is 404 g/mol. The summed E-state index contributed by atoms with van der Waals surface area (Å²) in [5.41, 5.74) is 13.3. The molecule has 0 aliphatic rings. The molecule has 0 radical (unpaired) electrons. The summed E-state index contributed by atoms with van der Waals surface area (Å²) in [4.78, 5) is 0. The largest absolute Gasteiger partial charge is 0.506 e. The Morgan fingerprint density at radius 2 is 1.25 bits per heavy atom. The predicted molar refractivity (Wildman–Crippen MR) is 124 cm³/mol. The highest BCUT2D eigenvalue weighted by Crippen LogP contribution is 2.40. The van der Waals surface area contributed by atoms with Gasteiger partial charge in [-0.1, -0.05) is 36.1 Å². The van der Waals surface area contributed by atoms with E-state index in [0.717, 1.165) is 5.56 Å². The van der Waals surface area contributed by atoms with E-state index in [2.05, 4.69) is 11.8 Å². The highest BCUT2D eigenvalue weighted by atomic mass is 16.5. The Labute approximate surface area is 185 Å². The SMILES string of the molecule is Nc1ccc(Oc2cccc(C#Cc3ccccc3)c2Oc2ccc(N)c(O)c2)cc1O. The van der Waals surface area contributed by atoms with Crippen LogP contribution in [0.4, 0.5) is 11.4 Å². The van der Waals surface area contributed by atoms with Gasteiger partial charge in [-0.05, 0) is 48.5 Å². The third kappa shape index (κ3) is 4.69. The lowest BCUT2D eigenvalue weighted by Crippen LogP contribution is -1.95. The van der Waals surface area contributed by atoms with E-state index in [9.17, 15) is 10.2 Å². The summed E-state index contributed by atoms with van der Waals surface area (Å²) in [6.07, 6.45) is 0. The van der Waals surface area contributed by atoms with Crippen LogP contribution < -0.4 is 20.9 Å². The minimum Gasteiger partial charge on any atom is -0.506 e. The molecule has 0 saturated heterocycles. The molecule has 0 atom stereocenters. The van der Waals surface area contributed by atoms with Crippen LogP contribution in [0, 0.1) is 11.8 Å². The number of para-hydroxylation sites is 1. The number of anilines is 2. The quantitative estimate of drug-likeness (QED) is 0.202. The average molecular weight is 424 g/mol. The molecule has 0 aliphatic heterocycles. The van der Waals surface area contributed by atoms with E-state index in [1.807, 2.05) is 30.3 Å². The summed E-state index contributed by atoms with van der Waals surface area (Å²) < 4.78 is 12.0. The van der Waals surface area contributed by atoms with Crippen molar-refractivity contribution in [2.45, 2.75) is 0 Å². The molecule has 6 nitrogen and oxygen atoms in total. The number of hydrogen-bond acceptors (Lipinski definition) is 6. The van der Waals surface area contributed by atoms with Crippen LogP contribution in [0.3, 0.4) is 0 Å². The number of nitrogens with two attached hydrogens (primary N) is 2. The van der Waals surface area contributed by atoms with Crippen molar-refractivity contribution < 1.29 is 19.7 Å². The third-order valence-electron chi connectivity index (χ3n) is 4.55. The topological polar surface area (TPSA) is 111 Å². The number of ether oxygens (including phenoxy) is 2. The van der Waals surface area contributed by atoms with Crippen LogP contribution in [-0.2, 0) is 0 Å². The Balaban J connectivity index is 1.76. The smallest absolute Gasteiger partial charge is 0.185 e. The molecule has 0 aromatic heterocycles. The lowest BCUT2D eigenvalue weighted by molar-refractivity contribution is 0.411. The summed E-state index contributed by atoms with van der Waals surface area (Å²) >= 11 is 0. The van der Waals surface area contributed by atoms with E-state index in [0.29, 0.717) is 28.6 Å². The van der Waals surface area contributed by atoms with Crippen molar-refractivity contribution in [3.63, 3.8) is 0 Å². The monoisotopic (exact) mass is 424 g/mol. The van der Waals surface area contributed by atoms with Gasteiger partial charge >= 0.3 is 0 Å². The Hall–Kier alpha value is -4.76. The maximum absolute atomic E-state index is 9.96. The fraction of sp³-hybridized carbons (Fsp3) is 0. The second kappa shape index (κ2) is 8.94. The third-order valence-corrected chi connectivity index (χ3v) is 4.55. The van der Waals surface area contributed by atoms with Crippen molar-refractivity contribution in [1.82, 2.24) is 0 Å². The van der Waals surface area contributed by atoms with Crippen molar-refractivity contribution >= 4 is 11.4 Å². The molecule has 0 spiro atoms. The predicted octanol–water partition coefficient (Wildman–Crippen LogP) is 5.25. The van der Waals surface area contributed by atoms with Gasteiger partial charge in [-0.2, -0.15) is 0 Å². The lowest BCUT2D eigenvalue weighted by Gasteiger charge is -2.15. The second-order valence-electron chi connectivity index (χ2n) is 6.89. The number of phenols is 2. The van der Waals surface area contributed by atoms with E-state index in [-0.39, 0.29) is 22.9 Å². The van der Waals surface area contributed by atoms with Gasteiger partial charge in [-0.15, -0.1) is 0 Å². The average Bonchev–Trinajstić information content (AvgIpc) is 2.79. The molecule has 0 amide bonds. The van der Waals surface area contributed by atoms with Gasteiger partial charge in [0, 0.05) is 17.7 Å². The molecule has 4 aromatic rings. The van der Waals surface area contributed by atoms with E-state index in [1.54, 1.807) is 42.5 Å². The van der Waals surface area contributed by atoms with Gasteiger partial charge in [0.25, 0.3) is 0 Å². The first-order valence-electron chi connectivity index (χ1n) is 9.72. The fourth-order valence-electron chi connectivity index (χ4n) is 2.88. The zero-order chi connectivity index (χ0) is 22.5. The highest BCUT2D eigenvalue weighted by molar-refractivity contribution is 5.61. The summed E-state index contributed by atoms with van der Waals surface area (Å²) in [5.74, 6) is 7.47. The number of phenolic OH excluding ortho intramolecular Hbond substituents is 2. The standard InChI is InChI=1S/C26H20N2O4/c27-21-13-11-19(15-23(21)29)31-25-8-4-7-18(10-9-17-5-2-1-3-6-17)26(25)32-20-12-14-22(28)24(30)16-20/h1-8,11-16,29-30H,27-28H2. The van der Waals surface area contributed by atoms with Crippen molar-refractivity contribution in [1.29, 1.82) is 0 Å². The van der Waals surface area contributed by atoms with Crippen molar-refractivity contribution in [3.05, 3.63) is 96.1 Å². The van der Waals surface area contributed by atoms with Crippen molar-refractivity contribution in [2.24, 2.45) is 0 Å². The molecule has 6 heteroatoms. The van der Waals surface area contributed by atoms with Crippen LogP contribution in [0.5, 0.6) is 34.5 Å². The maximum Gasteiger partial charge on any atom is 0.185 e. The Morgan fingerprint density at radius 3 is 1.88 bits per heavy atom. The van der Waals surface area contributed by atoms with Crippen LogP contribution in [0.1, 0.15) is 11.1 Å². The lowest BCUT2D eigenvalue weighted by atomic mass is 10.1. The van der Waals surface area contributed by atoms with Crippen LogP contribution in [0.15, 0.2) is 84.9 Å². The van der Waals surface area contributed by atoms with E-state index in [1.165, 1.54) is 12.1 Å². The van der Waals surface area contributed by atoms with Gasteiger partial charge in [-0.3, -0.25) is 0 Å². The fourth-order valence-corrected chi connectivity index (χ4v) is 2.88. The summed E-state index contributed by atoms with van der Waals surface area (Å²) in [6, 6.07) is 24.0. The van der Waals surface area contributed by atoms with Gasteiger partial charge in [0.1, 0.15) is 23.0 Å². The highest BCUT2D eigenvalue weighted by Gasteiger charge is 2.14. The van der Waals surface area contributed by atoms with Crippen molar-refractivity contribution in [2.75, 3.05) is 11.5 Å². The molecule has 4 rings (SSSR count). The molecule has 158 valence electrons. The van der Waals surface area contributed by atoms with Gasteiger partial charge in [-0.25, -0.2) is 0 Å². The first kappa shape index (κ1) is 20.5. The number of nitrogen functional groups attached to an aromatic ring is 2. The maximum atomic E-state index is 9.96. The van der Waals surface area contributed by atoms with E-state index in [4.69, 9.17) is 20.9 Å². The van der Waals surface area contributed by atoms with E-state index < -0.39 is 0 Å². The first-order chi connectivity index (χ1) is 15.5. The van der Waals surface area contributed by atoms with E-state index >= 15 is 0 Å². The Bertz CT molecular complexity index is 1320. The molecule has 32 heavy (non-hydrogen) atoms. The Morgan fingerprint density at radius 1 is 0.625 bits per heavy atom. The number of rotatable bonds is 4. The number of aromatic hydroxyl groups is 2. The van der Waals surface area contributed by atoms with Crippen LogP contribution in [0.2, 0.25) is 0 Å². The number of hydrogen-bond donors (Lipinski definition) is 4. The molecular formula is C26H20N2O4. The van der Waals surface area contributed by atoms with Crippen LogP contribution in [-0.4, -0.2) is 10.2 Å². The Kier molecular flexibility index (Phi) is 5.73. The minimum atomic E-state index is -0.0960. The van der Waals surface area contributed by atoms with Crippen molar-refractivity contribution in [3.8, 4) is 46.3 Å². The molecule has 0 heterocycles. The van der Waals surface area contributed by atoms with Crippen LogP contribution in [0.25, 0.3) is 0 Å². The molecule has 0 fully saturated rings. The molecule has 6 N–H and O–H groups in total. The summed E-state index contributed by atoms with van der Waals surface area (Å²) in [6.45, 7) is 0. The van der Waals surface area contributed by atoms with Gasteiger partial charge in [0.05, 0.1) is 16.9 Å². The van der Waals surface area contributed by atoms with Gasteiger partial charge in [0.2, 0.25) is 0 Å². The zero-order valence-corrected chi connectivity index (χ0v) is 16.9. The van der Waals surface area contributed by atoms with Gasteiger partial charge < -0.3 is 31.2 Å². The summed E-state index contributed by atoms with van der Waals surface area (Å²) in [7, 11) is 0. The van der Waals surface area contributed by atoms with Crippen LogP contribution >= 0.6 is 0 Å². The zero-order valence-electron chi connectivity index (χ0n) is 16.9. The molecule has 0 saturated carbocycles. The van der Waals surface area contributed by atoms with Gasteiger partial charge in [0.15, 0.2) is 11.5 Å². The molecule has 0 aliphatic carbocycles. The second-order valence-corrected chi connectivity index (χ2v) is 6.89. The number of benzene rings is 4. The summed E-state index contributed by atoms with van der Waals surface area (Å²) in [5, 5.41) is 19.9. The molecule has 0 unspecified atom stereocenters.